The van der Waals surface area contributed by atoms with E-state index in [-0.39, 0.29) is 30.2 Å². The van der Waals surface area contributed by atoms with Gasteiger partial charge in [-0.2, -0.15) is 0 Å². The van der Waals surface area contributed by atoms with Crippen molar-refractivity contribution in [3.63, 3.8) is 0 Å². The molecule has 3 aromatic heterocycles. The largest absolute Gasteiger partial charge is 0.467 e. The van der Waals surface area contributed by atoms with Crippen molar-refractivity contribution in [3.8, 4) is 0 Å². The van der Waals surface area contributed by atoms with Gasteiger partial charge >= 0.3 is 0 Å². The van der Waals surface area contributed by atoms with Crippen LogP contribution in [-0.4, -0.2) is 21.1 Å². The van der Waals surface area contributed by atoms with Crippen LogP contribution in [0.4, 0.5) is 0 Å². The zero-order valence-corrected chi connectivity index (χ0v) is 15.4. The fraction of sp³-hybridized carbons (Fsp3) is 0.389. The maximum absolute atomic E-state index is 12.8. The van der Waals surface area contributed by atoms with Crippen molar-refractivity contribution in [3.05, 3.63) is 51.3 Å². The van der Waals surface area contributed by atoms with Crippen molar-refractivity contribution in [2.45, 2.75) is 45.6 Å². The smallest absolute Gasteiger partial charge is 0.271 e. The first-order valence-corrected chi connectivity index (χ1v) is 9.17. The van der Waals surface area contributed by atoms with Gasteiger partial charge < -0.3 is 14.5 Å². The van der Waals surface area contributed by atoms with Crippen molar-refractivity contribution in [2.75, 3.05) is 0 Å². The Morgan fingerprint density at radius 1 is 1.46 bits per heavy atom. The predicted molar refractivity (Wildman–Crippen MR) is 97.0 cm³/mol. The Labute approximate surface area is 153 Å². The molecule has 4 heterocycles. The van der Waals surface area contributed by atoms with Gasteiger partial charge in [-0.3, -0.25) is 14.2 Å². The first-order valence-electron chi connectivity index (χ1n) is 8.36. The maximum atomic E-state index is 12.8. The normalized spacial score (nSPS) is 15.8. The van der Waals surface area contributed by atoms with E-state index in [2.05, 4.69) is 10.3 Å². The SMILES string of the molecule is CC1(C)Cc2sc3c(=O)n(CC(=O)NCc4ccco4)cnc3c2CO1. The van der Waals surface area contributed by atoms with E-state index in [9.17, 15) is 9.59 Å². The molecule has 0 saturated carbocycles. The van der Waals surface area contributed by atoms with Gasteiger partial charge in [0.2, 0.25) is 5.91 Å². The third kappa shape index (κ3) is 3.17. The lowest BCUT2D eigenvalue weighted by Crippen LogP contribution is -2.32. The van der Waals surface area contributed by atoms with Gasteiger partial charge in [0, 0.05) is 16.9 Å². The molecule has 1 aliphatic rings. The summed E-state index contributed by atoms with van der Waals surface area (Å²) in [6.07, 6.45) is 3.74. The minimum atomic E-state index is -0.268. The van der Waals surface area contributed by atoms with Crippen molar-refractivity contribution in [1.29, 1.82) is 0 Å². The predicted octanol–water partition coefficient (Wildman–Crippen LogP) is 2.22. The highest BCUT2D eigenvalue weighted by molar-refractivity contribution is 7.19. The summed E-state index contributed by atoms with van der Waals surface area (Å²) < 4.78 is 12.9. The number of nitrogens with zero attached hydrogens (tertiary/aromatic N) is 2. The molecule has 0 fully saturated rings. The lowest BCUT2D eigenvalue weighted by Gasteiger charge is -2.29. The Balaban J connectivity index is 1.56. The number of hydrogen-bond acceptors (Lipinski definition) is 6. The van der Waals surface area contributed by atoms with E-state index in [1.165, 1.54) is 22.2 Å². The van der Waals surface area contributed by atoms with Gasteiger partial charge in [-0.1, -0.05) is 0 Å². The number of fused-ring (bicyclic) bond motifs is 3. The zero-order valence-electron chi connectivity index (χ0n) is 14.6. The van der Waals surface area contributed by atoms with Crippen molar-refractivity contribution in [2.24, 2.45) is 0 Å². The molecule has 0 radical (unpaired) electrons. The van der Waals surface area contributed by atoms with Gasteiger partial charge in [-0.05, 0) is 26.0 Å². The van der Waals surface area contributed by atoms with Crippen molar-refractivity contribution in [1.82, 2.24) is 14.9 Å². The van der Waals surface area contributed by atoms with E-state index in [4.69, 9.17) is 9.15 Å². The number of rotatable bonds is 4. The molecule has 0 saturated heterocycles. The number of carbonyl (C=O) groups is 1. The third-order valence-corrected chi connectivity index (χ3v) is 5.60. The lowest BCUT2D eigenvalue weighted by molar-refractivity contribution is -0.122. The summed E-state index contributed by atoms with van der Waals surface area (Å²) in [5.41, 5.74) is 1.26. The molecule has 0 aromatic carbocycles. The number of furan rings is 1. The summed E-state index contributed by atoms with van der Waals surface area (Å²) in [5, 5.41) is 2.73. The second-order valence-corrected chi connectivity index (χ2v) is 8.05. The monoisotopic (exact) mass is 373 g/mol. The highest BCUT2D eigenvalue weighted by Crippen LogP contribution is 2.36. The Morgan fingerprint density at radius 2 is 2.31 bits per heavy atom. The molecule has 0 spiro atoms. The van der Waals surface area contributed by atoms with Gasteiger partial charge in [0.15, 0.2) is 0 Å². The Bertz CT molecular complexity index is 1020. The molecular formula is C18H19N3O4S. The summed E-state index contributed by atoms with van der Waals surface area (Å²) >= 11 is 1.46. The molecule has 136 valence electrons. The Hall–Kier alpha value is -2.45. The summed E-state index contributed by atoms with van der Waals surface area (Å²) in [6, 6.07) is 3.53. The molecule has 0 atom stereocenters. The van der Waals surface area contributed by atoms with E-state index >= 15 is 0 Å². The number of hydrogen-bond donors (Lipinski definition) is 1. The van der Waals surface area contributed by atoms with E-state index in [0.29, 0.717) is 22.6 Å². The molecule has 1 aliphatic heterocycles. The standard InChI is InChI=1S/C18H19N3O4S/c1-18(2)6-13-12(9-25-18)15-16(26-13)17(23)21(10-20-15)8-14(22)19-7-11-4-3-5-24-11/h3-5,10H,6-9H2,1-2H3,(H,19,22). The number of aromatic nitrogens is 2. The lowest BCUT2D eigenvalue weighted by atomic mass is 9.98. The van der Waals surface area contributed by atoms with Crippen LogP contribution in [-0.2, 0) is 35.6 Å². The van der Waals surface area contributed by atoms with Crippen LogP contribution >= 0.6 is 11.3 Å². The molecule has 0 aliphatic carbocycles. The number of amides is 1. The second-order valence-electron chi connectivity index (χ2n) is 6.94. The zero-order chi connectivity index (χ0) is 18.3. The van der Waals surface area contributed by atoms with Gasteiger partial charge in [-0.25, -0.2) is 4.98 Å². The van der Waals surface area contributed by atoms with E-state index in [1.807, 2.05) is 13.8 Å². The molecule has 1 amide bonds. The Morgan fingerprint density at radius 3 is 3.08 bits per heavy atom. The average molecular weight is 373 g/mol. The second kappa shape index (κ2) is 6.37. The number of thiophene rings is 1. The molecule has 7 nitrogen and oxygen atoms in total. The van der Waals surface area contributed by atoms with Gasteiger partial charge in [0.05, 0.1) is 36.9 Å². The molecule has 1 N–H and O–H groups in total. The van der Waals surface area contributed by atoms with Gasteiger partial charge in [0.25, 0.3) is 5.56 Å². The van der Waals surface area contributed by atoms with E-state index < -0.39 is 0 Å². The topological polar surface area (TPSA) is 86.4 Å². The van der Waals surface area contributed by atoms with Crippen LogP contribution in [0.3, 0.4) is 0 Å². The van der Waals surface area contributed by atoms with E-state index in [0.717, 1.165) is 16.9 Å². The molecule has 4 rings (SSSR count). The van der Waals surface area contributed by atoms with Crippen LogP contribution in [0.15, 0.2) is 33.9 Å². The van der Waals surface area contributed by atoms with Crippen LogP contribution in [0.2, 0.25) is 0 Å². The van der Waals surface area contributed by atoms with Crippen molar-refractivity contribution < 1.29 is 13.9 Å². The molecule has 26 heavy (non-hydrogen) atoms. The minimum absolute atomic E-state index is 0.0763. The quantitative estimate of drug-likeness (QED) is 0.758. The minimum Gasteiger partial charge on any atom is -0.467 e. The summed E-state index contributed by atoms with van der Waals surface area (Å²) in [5.74, 6) is 0.392. The highest BCUT2D eigenvalue weighted by atomic mass is 32.1. The number of nitrogens with one attached hydrogen (secondary N) is 1. The third-order valence-electron chi connectivity index (χ3n) is 4.39. The Kier molecular flexibility index (Phi) is 4.16. The molecule has 8 heteroatoms. The first-order chi connectivity index (χ1) is 12.4. The number of carbonyl (C=O) groups excluding carboxylic acids is 1. The number of ether oxygens (including phenoxy) is 1. The van der Waals surface area contributed by atoms with Crippen LogP contribution < -0.4 is 10.9 Å². The van der Waals surface area contributed by atoms with Crippen LogP contribution in [0.25, 0.3) is 10.2 Å². The first kappa shape index (κ1) is 17.0. The van der Waals surface area contributed by atoms with Crippen LogP contribution in [0, 0.1) is 0 Å². The van der Waals surface area contributed by atoms with Crippen molar-refractivity contribution >= 4 is 27.5 Å². The van der Waals surface area contributed by atoms with Gasteiger partial charge in [-0.15, -0.1) is 11.3 Å². The molecule has 3 aromatic rings. The maximum Gasteiger partial charge on any atom is 0.271 e. The molecular weight excluding hydrogens is 354 g/mol. The van der Waals surface area contributed by atoms with E-state index in [1.54, 1.807) is 18.4 Å². The summed E-state index contributed by atoms with van der Waals surface area (Å²) in [7, 11) is 0. The fourth-order valence-electron chi connectivity index (χ4n) is 3.01. The van der Waals surface area contributed by atoms with Crippen LogP contribution in [0.1, 0.15) is 30.0 Å². The average Bonchev–Trinajstić information content (AvgIpc) is 3.22. The summed E-state index contributed by atoms with van der Waals surface area (Å²) in [6.45, 7) is 4.75. The molecule has 0 bridgehead atoms. The summed E-state index contributed by atoms with van der Waals surface area (Å²) in [4.78, 5) is 30.4. The fourth-order valence-corrected chi connectivity index (χ4v) is 4.44. The molecule has 0 unspecified atom stereocenters. The highest BCUT2D eigenvalue weighted by Gasteiger charge is 2.30. The van der Waals surface area contributed by atoms with Gasteiger partial charge in [0.1, 0.15) is 17.0 Å². The van der Waals surface area contributed by atoms with Crippen LogP contribution in [0.5, 0.6) is 0 Å².